The van der Waals surface area contributed by atoms with Gasteiger partial charge in [0.2, 0.25) is 0 Å². The summed E-state index contributed by atoms with van der Waals surface area (Å²) < 4.78 is 0. The Bertz CT molecular complexity index is 1060. The first kappa shape index (κ1) is 29.2. The summed E-state index contributed by atoms with van der Waals surface area (Å²) in [4.78, 5) is 0. The molecule has 3 aromatic rings. The molecule has 4 heteroatoms. The maximum Gasteiger partial charge on any atom is -0.0623 e. The van der Waals surface area contributed by atoms with E-state index in [1.54, 1.807) is 24.9 Å². The van der Waals surface area contributed by atoms with Crippen molar-refractivity contribution in [1.82, 2.24) is 0 Å². The van der Waals surface area contributed by atoms with E-state index in [0.29, 0.717) is 11.4 Å². The number of fused-ring (bicyclic) bond motifs is 1. The fraction of sp³-hybridized carbons (Fsp3) is 0.321. The molecule has 1 aliphatic carbocycles. The van der Waals surface area contributed by atoms with Gasteiger partial charge in [-0.1, -0.05) is 68.7 Å². The number of hydrogen-bond acceptors (Lipinski definition) is 0. The standard InChI is InChI=1S/C15H11.C9H13.C4H8Si.2ClH.Zr/c1-2-6-12(7-3-1)15-11-10-13-8-4-5-9-14(13)15;1-6-5-7(2)9(4)8(6)3;1-2-4-5-3-1;;;/h1-11H;6H,1-4H3;1-4H2;2*1H;/q2*-1;;;;+2. The summed E-state index contributed by atoms with van der Waals surface area (Å²) in [5.41, 5.74) is 7.19. The minimum absolute atomic E-state index is 0. The molecule has 5 rings (SSSR count). The van der Waals surface area contributed by atoms with Gasteiger partial charge in [-0.25, -0.2) is 5.57 Å². The maximum atomic E-state index is 3.36. The normalized spacial score (nSPS) is 16.9. The van der Waals surface area contributed by atoms with Crippen LogP contribution in [0.15, 0.2) is 83.4 Å². The second-order valence-electron chi connectivity index (χ2n) is 8.31. The van der Waals surface area contributed by atoms with Gasteiger partial charge in [-0.15, -0.1) is 78.4 Å². The molecule has 3 aromatic carbocycles. The number of allylic oxidation sites excluding steroid dienone is 4. The molecule has 0 amide bonds. The molecule has 1 atom stereocenters. The Morgan fingerprint density at radius 3 is 1.97 bits per heavy atom. The van der Waals surface area contributed by atoms with Crippen LogP contribution in [0.4, 0.5) is 0 Å². The topological polar surface area (TPSA) is 0 Å². The van der Waals surface area contributed by atoms with Crippen LogP contribution in [0.3, 0.4) is 0 Å². The van der Waals surface area contributed by atoms with Gasteiger partial charge >= 0.3 is 53.7 Å². The molecule has 168 valence electrons. The second-order valence-corrected chi connectivity index (χ2v) is 15.7. The van der Waals surface area contributed by atoms with E-state index in [1.165, 1.54) is 38.6 Å². The summed E-state index contributed by atoms with van der Waals surface area (Å²) >= 11 is 1.87. The van der Waals surface area contributed by atoms with Crippen LogP contribution in [0.2, 0.25) is 12.1 Å². The molecule has 0 saturated carbocycles. The zero-order valence-corrected chi connectivity index (χ0v) is 24.7. The summed E-state index contributed by atoms with van der Waals surface area (Å²) in [6.07, 6.45) is 6.47. The minimum atomic E-state index is 0. The van der Waals surface area contributed by atoms with Gasteiger partial charge in [0.15, 0.2) is 0 Å². The molecule has 0 aromatic heterocycles. The molecule has 1 heterocycles. The third kappa shape index (κ3) is 7.91. The van der Waals surface area contributed by atoms with Crippen molar-refractivity contribution in [3.63, 3.8) is 0 Å². The fourth-order valence-electron chi connectivity index (χ4n) is 3.98. The number of hydrogen-bond donors (Lipinski definition) is 0. The van der Waals surface area contributed by atoms with Crippen LogP contribution in [-0.2, 0) is 23.3 Å². The molecule has 0 spiro atoms. The van der Waals surface area contributed by atoms with Crippen molar-refractivity contribution in [3.05, 3.63) is 89.5 Å². The minimum Gasteiger partial charge on any atom is -0.150 e. The zero-order valence-electron chi connectivity index (χ0n) is 19.6. The third-order valence-electron chi connectivity index (χ3n) is 6.21. The Morgan fingerprint density at radius 2 is 1.50 bits per heavy atom. The number of rotatable bonds is 1. The van der Waals surface area contributed by atoms with E-state index in [1.807, 2.05) is 23.3 Å². The largest absolute Gasteiger partial charge is 0.150 e. The van der Waals surface area contributed by atoms with Crippen LogP contribution in [0.25, 0.3) is 21.9 Å². The van der Waals surface area contributed by atoms with Crippen LogP contribution in [0, 0.1) is 12.0 Å². The molecular formula is C28H34Cl2SiZr. The smallest absolute Gasteiger partial charge is 0.0623 e. The van der Waals surface area contributed by atoms with Crippen molar-refractivity contribution in [3.8, 4) is 11.1 Å². The van der Waals surface area contributed by atoms with Gasteiger partial charge in [-0.3, -0.25) is 6.08 Å². The van der Waals surface area contributed by atoms with Gasteiger partial charge in [0.05, 0.1) is 0 Å². The zero-order chi connectivity index (χ0) is 21.5. The van der Waals surface area contributed by atoms with E-state index in [-0.39, 0.29) is 24.8 Å². The average molecular weight is 561 g/mol. The Labute approximate surface area is 222 Å². The number of halogens is 2. The molecule has 1 fully saturated rings. The fourth-order valence-corrected chi connectivity index (χ4v) is 8.19. The summed E-state index contributed by atoms with van der Waals surface area (Å²) in [6, 6.07) is 26.7. The Hall–Kier alpha value is -0.790. The molecule has 1 saturated heterocycles. The van der Waals surface area contributed by atoms with Crippen molar-refractivity contribution >= 4 is 41.0 Å². The SMILES string of the molecule is CC1=[C-]C(C)C(C)=C1C.Cl.Cl.[Zr+2]=[Si]1CCCC1.c1ccc(-c2c[cH-]c3ccccc23)cc1. The van der Waals surface area contributed by atoms with E-state index in [2.05, 4.69) is 101 Å². The van der Waals surface area contributed by atoms with Gasteiger partial charge in [0.1, 0.15) is 0 Å². The molecule has 0 bridgehead atoms. The summed E-state index contributed by atoms with van der Waals surface area (Å²) in [5, 5.41) is 2.65. The van der Waals surface area contributed by atoms with Gasteiger partial charge in [0.25, 0.3) is 0 Å². The van der Waals surface area contributed by atoms with Gasteiger partial charge in [-0.05, 0) is 0 Å². The first-order valence-corrected chi connectivity index (χ1v) is 16.6. The van der Waals surface area contributed by atoms with E-state index < -0.39 is 0 Å². The predicted molar refractivity (Wildman–Crippen MR) is 144 cm³/mol. The van der Waals surface area contributed by atoms with Crippen LogP contribution in [-0.4, -0.2) is 5.43 Å². The molecule has 1 aliphatic heterocycles. The summed E-state index contributed by atoms with van der Waals surface area (Å²) in [6.45, 7) is 8.67. The van der Waals surface area contributed by atoms with Crippen molar-refractivity contribution in [1.29, 1.82) is 0 Å². The first-order chi connectivity index (χ1) is 14.5. The summed E-state index contributed by atoms with van der Waals surface area (Å²) in [7, 11) is 0. The van der Waals surface area contributed by atoms with Crippen molar-refractivity contribution in [2.75, 3.05) is 0 Å². The van der Waals surface area contributed by atoms with E-state index in [0.717, 1.165) is 0 Å². The Balaban J connectivity index is 0.000000260. The Morgan fingerprint density at radius 1 is 0.906 bits per heavy atom. The molecular weight excluding hydrogens is 527 g/mol. The first-order valence-electron chi connectivity index (χ1n) is 11.0. The van der Waals surface area contributed by atoms with Crippen molar-refractivity contribution in [2.24, 2.45) is 5.92 Å². The molecule has 0 N–H and O–H groups in total. The molecule has 2 aliphatic rings. The molecule has 0 radical (unpaired) electrons. The quantitative estimate of drug-likeness (QED) is 0.206. The maximum absolute atomic E-state index is 3.36. The second kappa shape index (κ2) is 14.5. The molecule has 0 nitrogen and oxygen atoms in total. The van der Waals surface area contributed by atoms with Crippen LogP contribution >= 0.6 is 24.8 Å². The molecule has 1 unspecified atom stereocenters. The van der Waals surface area contributed by atoms with Gasteiger partial charge in [-0.2, -0.15) is 11.1 Å². The van der Waals surface area contributed by atoms with Crippen molar-refractivity contribution in [2.45, 2.75) is 52.6 Å². The monoisotopic (exact) mass is 558 g/mol. The van der Waals surface area contributed by atoms with Crippen LogP contribution in [0.1, 0.15) is 40.5 Å². The Kier molecular flexibility index (Phi) is 13.2. The van der Waals surface area contributed by atoms with Crippen LogP contribution in [0.5, 0.6) is 0 Å². The average Bonchev–Trinajstić information content (AvgIpc) is 3.47. The van der Waals surface area contributed by atoms with Crippen molar-refractivity contribution < 1.29 is 23.3 Å². The van der Waals surface area contributed by atoms with Crippen LogP contribution < -0.4 is 0 Å². The third-order valence-corrected chi connectivity index (χ3v) is 11.8. The van der Waals surface area contributed by atoms with E-state index in [9.17, 15) is 0 Å². The van der Waals surface area contributed by atoms with Gasteiger partial charge in [0, 0.05) is 0 Å². The molecule has 32 heavy (non-hydrogen) atoms. The van der Waals surface area contributed by atoms with E-state index in [4.69, 9.17) is 0 Å². The summed E-state index contributed by atoms with van der Waals surface area (Å²) in [5.74, 6) is 0.560. The number of benzene rings is 2. The van der Waals surface area contributed by atoms with Gasteiger partial charge < -0.3 is 0 Å². The van der Waals surface area contributed by atoms with E-state index >= 15 is 0 Å². The predicted octanol–water partition coefficient (Wildman–Crippen LogP) is 9.11.